The van der Waals surface area contributed by atoms with Crippen molar-refractivity contribution in [3.8, 4) is 5.69 Å². The van der Waals surface area contributed by atoms with E-state index in [-0.39, 0.29) is 5.97 Å². The second-order valence-corrected chi connectivity index (χ2v) is 8.13. The number of carbonyl (C=O) groups is 1. The van der Waals surface area contributed by atoms with Crippen molar-refractivity contribution in [2.24, 2.45) is 0 Å². The second kappa shape index (κ2) is 7.42. The fourth-order valence-corrected chi connectivity index (χ4v) is 3.01. The lowest BCUT2D eigenvalue weighted by molar-refractivity contribution is -0.153. The molecule has 0 unspecified atom stereocenters. The highest BCUT2D eigenvalue weighted by molar-refractivity contribution is 5.74. The Morgan fingerprint density at radius 1 is 1.12 bits per heavy atom. The number of aromatic nitrogens is 2. The molecule has 0 amide bonds. The molecule has 0 bridgehead atoms. The predicted molar refractivity (Wildman–Crippen MR) is 101 cm³/mol. The van der Waals surface area contributed by atoms with Gasteiger partial charge in [-0.15, -0.1) is 0 Å². The Kier molecular flexibility index (Phi) is 5.71. The summed E-state index contributed by atoms with van der Waals surface area (Å²) in [5.74, 6) is 0.444. The molecule has 0 saturated carbocycles. The maximum absolute atomic E-state index is 12.5. The van der Waals surface area contributed by atoms with Gasteiger partial charge >= 0.3 is 5.97 Å². The third-order valence-electron chi connectivity index (χ3n) is 4.06. The van der Waals surface area contributed by atoms with Crippen molar-refractivity contribution in [2.75, 3.05) is 0 Å². The van der Waals surface area contributed by atoms with E-state index in [9.17, 15) is 4.79 Å². The molecule has 1 aromatic heterocycles. The highest BCUT2D eigenvalue weighted by Gasteiger charge is 2.22. The van der Waals surface area contributed by atoms with Gasteiger partial charge in [-0.3, -0.25) is 4.79 Å². The molecule has 0 aliphatic carbocycles. The minimum absolute atomic E-state index is 0.178. The maximum atomic E-state index is 12.5. The van der Waals surface area contributed by atoms with E-state index in [1.54, 1.807) is 6.20 Å². The quantitative estimate of drug-likeness (QED) is 0.718. The third kappa shape index (κ3) is 4.94. The van der Waals surface area contributed by atoms with Crippen molar-refractivity contribution < 1.29 is 9.53 Å². The Bertz CT molecular complexity index is 694. The Balaban J connectivity index is 2.51. The van der Waals surface area contributed by atoms with Crippen LogP contribution in [0.4, 0.5) is 0 Å². The summed E-state index contributed by atoms with van der Waals surface area (Å²) in [5, 5.41) is 4.35. The van der Waals surface area contributed by atoms with Crippen molar-refractivity contribution in [3.63, 3.8) is 0 Å². The first-order valence-electron chi connectivity index (χ1n) is 8.97. The molecular weight excluding hydrogens is 312 g/mol. The summed E-state index contributed by atoms with van der Waals surface area (Å²) in [6.45, 7) is 14.3. The van der Waals surface area contributed by atoms with Gasteiger partial charge in [-0.2, -0.15) is 5.10 Å². The summed E-state index contributed by atoms with van der Waals surface area (Å²) >= 11 is 0. The van der Waals surface area contributed by atoms with Crippen LogP contribution in [0, 0.1) is 0 Å². The van der Waals surface area contributed by atoms with Gasteiger partial charge < -0.3 is 4.74 Å². The third-order valence-corrected chi connectivity index (χ3v) is 4.06. The largest absolute Gasteiger partial charge is 0.460 e. The molecule has 25 heavy (non-hydrogen) atoms. The van der Waals surface area contributed by atoms with Gasteiger partial charge in [0, 0.05) is 12.4 Å². The first kappa shape index (κ1) is 19.2. The maximum Gasteiger partial charge on any atom is 0.310 e. The van der Waals surface area contributed by atoms with Gasteiger partial charge in [0.1, 0.15) is 5.60 Å². The van der Waals surface area contributed by atoms with Crippen molar-refractivity contribution >= 4 is 5.97 Å². The summed E-state index contributed by atoms with van der Waals surface area (Å²) in [6.07, 6.45) is 4.02. The van der Waals surface area contributed by atoms with Crippen LogP contribution in [0.5, 0.6) is 0 Å². The minimum atomic E-state index is -0.470. The highest BCUT2D eigenvalue weighted by atomic mass is 16.6. The fraction of sp³-hybridized carbons (Fsp3) is 0.524. The molecule has 0 aliphatic heterocycles. The van der Waals surface area contributed by atoms with Gasteiger partial charge in [-0.05, 0) is 67.5 Å². The number of hydrogen-bond acceptors (Lipinski definition) is 3. The van der Waals surface area contributed by atoms with Gasteiger partial charge in [-0.25, -0.2) is 4.68 Å². The van der Waals surface area contributed by atoms with Crippen molar-refractivity contribution in [1.29, 1.82) is 0 Å². The molecule has 0 N–H and O–H groups in total. The van der Waals surface area contributed by atoms with Crippen LogP contribution in [0.1, 0.15) is 77.0 Å². The van der Waals surface area contributed by atoms with Crippen LogP contribution in [-0.2, 0) is 16.0 Å². The first-order chi connectivity index (χ1) is 11.6. The van der Waals surface area contributed by atoms with Crippen LogP contribution in [0.25, 0.3) is 5.69 Å². The van der Waals surface area contributed by atoms with E-state index in [0.29, 0.717) is 18.3 Å². The Hall–Kier alpha value is -2.10. The summed E-state index contributed by atoms with van der Waals surface area (Å²) in [6, 6.07) is 6.20. The number of hydrogen-bond donors (Lipinski definition) is 0. The standard InChI is InChI=1S/C21H30N2O2/c1-14(2)17-11-16(23-10-8-9-22-23)12-18(15(3)4)19(17)13-20(24)25-21(5,6)7/h8-12,14-15H,13H2,1-7H3. The molecule has 0 fully saturated rings. The van der Waals surface area contributed by atoms with Crippen LogP contribution in [0.15, 0.2) is 30.6 Å². The molecule has 136 valence electrons. The number of ether oxygens (including phenoxy) is 1. The molecule has 2 rings (SSSR count). The van der Waals surface area contributed by atoms with Crippen molar-refractivity contribution in [2.45, 2.75) is 72.3 Å². The summed E-state index contributed by atoms with van der Waals surface area (Å²) in [5.41, 5.74) is 4.02. The van der Waals surface area contributed by atoms with Crippen LogP contribution in [-0.4, -0.2) is 21.4 Å². The monoisotopic (exact) mass is 342 g/mol. The molecule has 0 spiro atoms. The second-order valence-electron chi connectivity index (χ2n) is 8.13. The van der Waals surface area contributed by atoms with Crippen LogP contribution in [0.3, 0.4) is 0 Å². The van der Waals surface area contributed by atoms with Gasteiger partial charge in [0.2, 0.25) is 0 Å². The zero-order chi connectivity index (χ0) is 18.8. The Morgan fingerprint density at radius 3 is 2.08 bits per heavy atom. The minimum Gasteiger partial charge on any atom is -0.460 e. The van der Waals surface area contributed by atoms with E-state index in [0.717, 1.165) is 11.3 Å². The SMILES string of the molecule is CC(C)c1cc(-n2cccn2)cc(C(C)C)c1CC(=O)OC(C)(C)C. The Labute approximate surface area is 151 Å². The van der Waals surface area contributed by atoms with E-state index < -0.39 is 5.60 Å². The highest BCUT2D eigenvalue weighted by Crippen LogP contribution is 2.31. The van der Waals surface area contributed by atoms with Gasteiger partial charge in [-0.1, -0.05) is 27.7 Å². The topological polar surface area (TPSA) is 44.1 Å². The van der Waals surface area contributed by atoms with Crippen molar-refractivity contribution in [3.05, 3.63) is 47.3 Å². The number of nitrogens with zero attached hydrogens (tertiary/aromatic N) is 2. The normalized spacial score (nSPS) is 12.0. The molecule has 4 heteroatoms. The van der Waals surface area contributed by atoms with E-state index >= 15 is 0 Å². The van der Waals surface area contributed by atoms with Crippen LogP contribution >= 0.6 is 0 Å². The van der Waals surface area contributed by atoms with E-state index in [4.69, 9.17) is 4.74 Å². The van der Waals surface area contributed by atoms with E-state index in [1.807, 2.05) is 37.7 Å². The van der Waals surface area contributed by atoms with Gasteiger partial charge in [0.15, 0.2) is 0 Å². The first-order valence-corrected chi connectivity index (χ1v) is 8.97. The Morgan fingerprint density at radius 2 is 1.68 bits per heavy atom. The van der Waals surface area contributed by atoms with E-state index in [2.05, 4.69) is 44.9 Å². The molecule has 0 aliphatic rings. The van der Waals surface area contributed by atoms with Crippen LogP contribution in [0.2, 0.25) is 0 Å². The zero-order valence-corrected chi connectivity index (χ0v) is 16.5. The lowest BCUT2D eigenvalue weighted by atomic mass is 9.86. The number of rotatable bonds is 5. The lowest BCUT2D eigenvalue weighted by Crippen LogP contribution is -2.25. The number of carbonyl (C=O) groups excluding carboxylic acids is 1. The molecule has 0 saturated heterocycles. The summed E-state index contributed by atoms with van der Waals surface area (Å²) in [4.78, 5) is 12.5. The average Bonchev–Trinajstić information content (AvgIpc) is 2.98. The lowest BCUT2D eigenvalue weighted by Gasteiger charge is -2.24. The molecule has 0 atom stereocenters. The smallest absolute Gasteiger partial charge is 0.310 e. The molecule has 4 nitrogen and oxygen atoms in total. The number of esters is 1. The molecule has 0 radical (unpaired) electrons. The van der Waals surface area contributed by atoms with Gasteiger partial charge in [0.25, 0.3) is 0 Å². The van der Waals surface area contributed by atoms with E-state index in [1.165, 1.54) is 11.1 Å². The fourth-order valence-electron chi connectivity index (χ4n) is 3.01. The molecule has 1 aromatic carbocycles. The molecular formula is C21H30N2O2. The number of benzene rings is 1. The summed E-state index contributed by atoms with van der Waals surface area (Å²) in [7, 11) is 0. The van der Waals surface area contributed by atoms with Crippen molar-refractivity contribution in [1.82, 2.24) is 9.78 Å². The van der Waals surface area contributed by atoms with Gasteiger partial charge in [0.05, 0.1) is 12.1 Å². The summed E-state index contributed by atoms with van der Waals surface area (Å²) < 4.78 is 7.43. The average molecular weight is 342 g/mol. The molecule has 2 aromatic rings. The van der Waals surface area contributed by atoms with Crippen LogP contribution < -0.4 is 0 Å². The zero-order valence-electron chi connectivity index (χ0n) is 16.5. The molecule has 1 heterocycles. The predicted octanol–water partition coefficient (Wildman–Crippen LogP) is 5.00.